The summed E-state index contributed by atoms with van der Waals surface area (Å²) in [5.41, 5.74) is 3.89. The number of aryl methyl sites for hydroxylation is 3. The van der Waals surface area contributed by atoms with Gasteiger partial charge in [-0.1, -0.05) is 24.1 Å². The van der Waals surface area contributed by atoms with E-state index in [0.29, 0.717) is 5.69 Å². The number of carboxylic acids is 1. The molecule has 0 aliphatic heterocycles. The summed E-state index contributed by atoms with van der Waals surface area (Å²) >= 11 is 0. The van der Waals surface area contributed by atoms with Crippen LogP contribution in [0.5, 0.6) is 0 Å². The van der Waals surface area contributed by atoms with Gasteiger partial charge in [-0.25, -0.2) is 4.79 Å². The van der Waals surface area contributed by atoms with Crippen molar-refractivity contribution in [2.75, 3.05) is 0 Å². The summed E-state index contributed by atoms with van der Waals surface area (Å²) in [6, 6.07) is 6.00. The number of nitrogens with zero attached hydrogens (tertiary/aromatic N) is 2. The third kappa shape index (κ3) is 2.84. The molecule has 0 amide bonds. The lowest BCUT2D eigenvalue weighted by atomic mass is 10.0. The van der Waals surface area contributed by atoms with Crippen LogP contribution in [0.4, 0.5) is 0 Å². The lowest BCUT2D eigenvalue weighted by molar-refractivity contribution is 0.0697. The molecule has 0 aliphatic rings. The minimum atomic E-state index is -0.934. The molecule has 4 heteroatoms. The molecule has 1 N–H and O–H groups in total. The van der Waals surface area contributed by atoms with Gasteiger partial charge in [-0.05, 0) is 32.4 Å². The number of hydrogen-bond donors (Lipinski definition) is 1. The molecule has 4 nitrogen and oxygen atoms in total. The molecule has 19 heavy (non-hydrogen) atoms. The molecule has 1 heterocycles. The number of carbonyl (C=O) groups is 1. The van der Waals surface area contributed by atoms with Crippen molar-refractivity contribution in [2.45, 2.75) is 33.7 Å². The largest absolute Gasteiger partial charge is 0.478 e. The van der Waals surface area contributed by atoms with E-state index < -0.39 is 5.97 Å². The Kier molecular flexibility index (Phi) is 3.69. The van der Waals surface area contributed by atoms with Crippen molar-refractivity contribution in [3.63, 3.8) is 0 Å². The van der Waals surface area contributed by atoms with Crippen molar-refractivity contribution in [3.05, 3.63) is 41.1 Å². The van der Waals surface area contributed by atoms with E-state index in [4.69, 9.17) is 0 Å². The average molecular weight is 258 g/mol. The van der Waals surface area contributed by atoms with E-state index in [0.717, 1.165) is 29.7 Å². The summed E-state index contributed by atoms with van der Waals surface area (Å²) in [5.74, 6) is -0.934. The molecule has 0 radical (unpaired) electrons. The number of rotatable bonds is 4. The van der Waals surface area contributed by atoms with Gasteiger partial charge in [-0.2, -0.15) is 5.10 Å². The minimum absolute atomic E-state index is 0.262. The highest BCUT2D eigenvalue weighted by Crippen LogP contribution is 2.24. The molecule has 0 saturated heterocycles. The van der Waals surface area contributed by atoms with E-state index in [9.17, 15) is 9.90 Å². The van der Waals surface area contributed by atoms with Crippen LogP contribution in [0.25, 0.3) is 11.3 Å². The van der Waals surface area contributed by atoms with E-state index >= 15 is 0 Å². The van der Waals surface area contributed by atoms with Gasteiger partial charge in [0, 0.05) is 18.3 Å². The molecular formula is C15H18N2O2. The van der Waals surface area contributed by atoms with Gasteiger partial charge in [-0.15, -0.1) is 0 Å². The molecule has 0 atom stereocenters. The van der Waals surface area contributed by atoms with Crippen LogP contribution in [-0.4, -0.2) is 20.9 Å². The maximum absolute atomic E-state index is 11.3. The van der Waals surface area contributed by atoms with E-state index in [1.165, 1.54) is 0 Å². The molecule has 0 unspecified atom stereocenters. The number of aromatic nitrogens is 2. The summed E-state index contributed by atoms with van der Waals surface area (Å²) in [4.78, 5) is 11.3. The molecule has 1 aromatic heterocycles. The first-order valence-electron chi connectivity index (χ1n) is 6.40. The number of hydrogen-bond acceptors (Lipinski definition) is 2. The average Bonchev–Trinajstić information content (AvgIpc) is 2.72. The Morgan fingerprint density at radius 3 is 2.42 bits per heavy atom. The van der Waals surface area contributed by atoms with Crippen molar-refractivity contribution in [3.8, 4) is 11.3 Å². The topological polar surface area (TPSA) is 55.1 Å². The first-order chi connectivity index (χ1) is 9.01. The first kappa shape index (κ1) is 13.3. The highest BCUT2D eigenvalue weighted by Gasteiger charge is 2.17. The van der Waals surface area contributed by atoms with Crippen LogP contribution in [0.1, 0.15) is 34.8 Å². The van der Waals surface area contributed by atoms with Crippen LogP contribution >= 0.6 is 0 Å². The van der Waals surface area contributed by atoms with Crippen LogP contribution in [0.15, 0.2) is 24.4 Å². The molecule has 0 aliphatic carbocycles. The fraction of sp³-hybridized carbons (Fsp3) is 0.333. The molecule has 0 spiro atoms. The highest BCUT2D eigenvalue weighted by molar-refractivity contribution is 5.94. The zero-order valence-corrected chi connectivity index (χ0v) is 11.5. The van der Waals surface area contributed by atoms with Crippen molar-refractivity contribution in [2.24, 2.45) is 0 Å². The molecule has 100 valence electrons. The van der Waals surface area contributed by atoms with E-state index in [1.54, 1.807) is 10.9 Å². The highest BCUT2D eigenvalue weighted by atomic mass is 16.4. The lowest BCUT2D eigenvalue weighted by Crippen LogP contribution is -1.97. The van der Waals surface area contributed by atoms with Crippen LogP contribution in [0.3, 0.4) is 0 Å². The number of aromatic carboxylic acids is 1. The third-order valence-electron chi connectivity index (χ3n) is 2.94. The van der Waals surface area contributed by atoms with E-state index in [-0.39, 0.29) is 5.56 Å². The van der Waals surface area contributed by atoms with Gasteiger partial charge in [0.05, 0.1) is 0 Å². The monoisotopic (exact) mass is 258 g/mol. The maximum atomic E-state index is 11.3. The second-order valence-corrected chi connectivity index (χ2v) is 4.84. The minimum Gasteiger partial charge on any atom is -0.478 e. The van der Waals surface area contributed by atoms with Gasteiger partial charge >= 0.3 is 5.97 Å². The lowest BCUT2D eigenvalue weighted by Gasteiger charge is -2.03. The molecule has 0 bridgehead atoms. The summed E-state index contributed by atoms with van der Waals surface area (Å²) in [6.45, 7) is 6.77. The fourth-order valence-corrected chi connectivity index (χ4v) is 2.25. The molecular weight excluding hydrogens is 240 g/mol. The zero-order valence-electron chi connectivity index (χ0n) is 11.5. The Morgan fingerprint density at radius 2 is 1.89 bits per heavy atom. The predicted octanol–water partition coefficient (Wildman–Crippen LogP) is 3.28. The summed E-state index contributed by atoms with van der Waals surface area (Å²) < 4.78 is 1.70. The smallest absolute Gasteiger partial charge is 0.339 e. The number of carboxylic acid groups (broad SMARTS) is 1. The van der Waals surface area contributed by atoms with Crippen LogP contribution in [-0.2, 0) is 6.54 Å². The standard InChI is InChI=1S/C15H18N2O2/c1-4-5-17-9-13(15(18)19)14(16-17)12-7-10(2)6-11(3)8-12/h6-9H,4-5H2,1-3H3,(H,18,19). The van der Waals surface area contributed by atoms with Crippen molar-refractivity contribution in [1.82, 2.24) is 9.78 Å². The second kappa shape index (κ2) is 5.26. The molecule has 2 rings (SSSR count). The third-order valence-corrected chi connectivity index (χ3v) is 2.94. The van der Waals surface area contributed by atoms with Gasteiger partial charge in [-0.3, -0.25) is 4.68 Å². The Bertz CT molecular complexity index is 594. The van der Waals surface area contributed by atoms with Gasteiger partial charge in [0.15, 0.2) is 0 Å². The molecule has 0 saturated carbocycles. The van der Waals surface area contributed by atoms with Crippen molar-refractivity contribution >= 4 is 5.97 Å². The Morgan fingerprint density at radius 1 is 1.26 bits per heavy atom. The van der Waals surface area contributed by atoms with Crippen molar-refractivity contribution in [1.29, 1.82) is 0 Å². The van der Waals surface area contributed by atoms with Gasteiger partial charge in [0.1, 0.15) is 11.3 Å². The van der Waals surface area contributed by atoms with Gasteiger partial charge in [0.2, 0.25) is 0 Å². The normalized spacial score (nSPS) is 10.7. The van der Waals surface area contributed by atoms with Gasteiger partial charge < -0.3 is 5.11 Å². The number of benzene rings is 1. The predicted molar refractivity (Wildman–Crippen MR) is 74.4 cm³/mol. The van der Waals surface area contributed by atoms with Crippen LogP contribution < -0.4 is 0 Å². The Balaban J connectivity index is 2.56. The van der Waals surface area contributed by atoms with Crippen LogP contribution in [0, 0.1) is 13.8 Å². The SMILES string of the molecule is CCCn1cc(C(=O)O)c(-c2cc(C)cc(C)c2)n1. The first-order valence-corrected chi connectivity index (χ1v) is 6.40. The fourth-order valence-electron chi connectivity index (χ4n) is 2.25. The Hall–Kier alpha value is -2.10. The Labute approximate surface area is 112 Å². The quantitative estimate of drug-likeness (QED) is 0.915. The summed E-state index contributed by atoms with van der Waals surface area (Å²) in [5, 5.41) is 13.7. The maximum Gasteiger partial charge on any atom is 0.339 e. The molecule has 1 aromatic carbocycles. The molecule has 2 aromatic rings. The summed E-state index contributed by atoms with van der Waals surface area (Å²) in [6.07, 6.45) is 2.53. The van der Waals surface area contributed by atoms with E-state index in [2.05, 4.69) is 11.2 Å². The molecule has 0 fully saturated rings. The van der Waals surface area contributed by atoms with Gasteiger partial charge in [0.25, 0.3) is 0 Å². The zero-order chi connectivity index (χ0) is 14.0. The van der Waals surface area contributed by atoms with Crippen LogP contribution in [0.2, 0.25) is 0 Å². The van der Waals surface area contributed by atoms with Crippen molar-refractivity contribution < 1.29 is 9.90 Å². The second-order valence-electron chi connectivity index (χ2n) is 4.84. The van der Waals surface area contributed by atoms with E-state index in [1.807, 2.05) is 32.9 Å². The summed E-state index contributed by atoms with van der Waals surface area (Å²) in [7, 11) is 0.